The molecule has 0 saturated carbocycles. The highest BCUT2D eigenvalue weighted by Gasteiger charge is 2.32. The SMILES string of the molecule is COc1ccc(C2c3[nH]c4ccc(Cl)cc4c3CCN2c2ccc(F)cc2)cc1F. The lowest BCUT2D eigenvalue weighted by Gasteiger charge is -2.38. The van der Waals surface area contributed by atoms with Crippen molar-refractivity contribution >= 4 is 28.2 Å². The van der Waals surface area contributed by atoms with Gasteiger partial charge in [-0.3, -0.25) is 0 Å². The molecular weight excluding hydrogens is 406 g/mol. The number of ether oxygens (including phenoxy) is 1. The van der Waals surface area contributed by atoms with Crippen molar-refractivity contribution in [2.75, 3.05) is 18.6 Å². The van der Waals surface area contributed by atoms with Crippen LogP contribution < -0.4 is 9.64 Å². The number of fused-ring (bicyclic) bond motifs is 3. The first kappa shape index (κ1) is 18.9. The minimum atomic E-state index is -0.416. The Kier molecular flexibility index (Phi) is 4.63. The first-order valence-corrected chi connectivity index (χ1v) is 10.1. The van der Waals surface area contributed by atoms with Crippen LogP contribution in [0.15, 0.2) is 60.7 Å². The smallest absolute Gasteiger partial charge is 0.165 e. The number of benzene rings is 3. The third-order valence-corrected chi connectivity index (χ3v) is 5.97. The summed E-state index contributed by atoms with van der Waals surface area (Å²) in [5.41, 5.74) is 4.82. The molecule has 0 amide bonds. The van der Waals surface area contributed by atoms with Crippen LogP contribution >= 0.6 is 11.6 Å². The molecule has 0 bridgehead atoms. The molecule has 1 unspecified atom stereocenters. The molecule has 1 aliphatic heterocycles. The lowest BCUT2D eigenvalue weighted by molar-refractivity contribution is 0.386. The predicted molar refractivity (Wildman–Crippen MR) is 116 cm³/mol. The van der Waals surface area contributed by atoms with Crippen LogP contribution in [0.5, 0.6) is 5.75 Å². The van der Waals surface area contributed by atoms with Gasteiger partial charge in [-0.25, -0.2) is 8.78 Å². The number of halogens is 3. The van der Waals surface area contributed by atoms with E-state index in [1.54, 1.807) is 18.2 Å². The zero-order chi connectivity index (χ0) is 20.8. The summed E-state index contributed by atoms with van der Waals surface area (Å²) in [5, 5.41) is 1.76. The number of aromatic nitrogens is 1. The van der Waals surface area contributed by atoms with Crippen LogP contribution in [0, 0.1) is 11.6 Å². The zero-order valence-corrected chi connectivity index (χ0v) is 17.0. The molecule has 4 aromatic rings. The van der Waals surface area contributed by atoms with Crippen LogP contribution in [0.25, 0.3) is 10.9 Å². The number of nitrogens with one attached hydrogen (secondary N) is 1. The number of aromatic amines is 1. The average molecular weight is 425 g/mol. The molecule has 0 saturated heterocycles. The quantitative estimate of drug-likeness (QED) is 0.420. The van der Waals surface area contributed by atoms with Crippen LogP contribution in [0.2, 0.25) is 5.02 Å². The van der Waals surface area contributed by atoms with Gasteiger partial charge in [-0.15, -0.1) is 0 Å². The Hall–Kier alpha value is -3.05. The van der Waals surface area contributed by atoms with Crippen molar-refractivity contribution in [3.8, 4) is 5.75 Å². The Morgan fingerprint density at radius 1 is 1.03 bits per heavy atom. The molecular formula is C24H19ClF2N2O. The molecule has 30 heavy (non-hydrogen) atoms. The second-order valence-corrected chi connectivity index (χ2v) is 7.86. The second-order valence-electron chi connectivity index (χ2n) is 7.42. The average Bonchev–Trinajstić information content (AvgIpc) is 3.11. The number of H-pyrrole nitrogens is 1. The molecule has 0 fully saturated rings. The molecule has 1 N–H and O–H groups in total. The maximum absolute atomic E-state index is 14.6. The van der Waals surface area contributed by atoms with Gasteiger partial charge in [0.15, 0.2) is 11.6 Å². The summed E-state index contributed by atoms with van der Waals surface area (Å²) in [6.45, 7) is 0.705. The summed E-state index contributed by atoms with van der Waals surface area (Å²) in [6.07, 6.45) is 0.794. The normalized spacial score (nSPS) is 16.0. The number of anilines is 1. The van der Waals surface area contributed by atoms with Crippen molar-refractivity contribution in [1.29, 1.82) is 0 Å². The van der Waals surface area contributed by atoms with Gasteiger partial charge < -0.3 is 14.6 Å². The molecule has 1 atom stereocenters. The first-order valence-electron chi connectivity index (χ1n) is 9.71. The highest BCUT2D eigenvalue weighted by molar-refractivity contribution is 6.31. The van der Waals surface area contributed by atoms with Gasteiger partial charge >= 0.3 is 0 Å². The Labute approximate surface area is 177 Å². The second kappa shape index (κ2) is 7.33. The maximum atomic E-state index is 14.6. The van der Waals surface area contributed by atoms with E-state index in [4.69, 9.17) is 16.3 Å². The van der Waals surface area contributed by atoms with Crippen molar-refractivity contribution in [2.45, 2.75) is 12.5 Å². The topological polar surface area (TPSA) is 28.3 Å². The van der Waals surface area contributed by atoms with E-state index in [2.05, 4.69) is 9.88 Å². The van der Waals surface area contributed by atoms with Crippen LogP contribution in [0.4, 0.5) is 14.5 Å². The highest BCUT2D eigenvalue weighted by atomic mass is 35.5. The van der Waals surface area contributed by atoms with E-state index in [0.717, 1.165) is 34.3 Å². The van der Waals surface area contributed by atoms with Crippen LogP contribution in [-0.2, 0) is 6.42 Å². The molecule has 1 aromatic heterocycles. The van der Waals surface area contributed by atoms with Crippen molar-refractivity contribution in [3.63, 3.8) is 0 Å². The van der Waals surface area contributed by atoms with E-state index >= 15 is 0 Å². The van der Waals surface area contributed by atoms with Gasteiger partial charge in [0.05, 0.1) is 13.2 Å². The number of hydrogen-bond acceptors (Lipinski definition) is 2. The predicted octanol–water partition coefficient (Wildman–Crippen LogP) is 6.26. The molecule has 1 aliphatic rings. The molecule has 2 heterocycles. The monoisotopic (exact) mass is 424 g/mol. The van der Waals surface area contributed by atoms with E-state index in [-0.39, 0.29) is 17.6 Å². The molecule has 5 rings (SSSR count). The van der Waals surface area contributed by atoms with Crippen molar-refractivity contribution in [1.82, 2.24) is 4.98 Å². The van der Waals surface area contributed by atoms with Gasteiger partial charge in [-0.05, 0) is 72.1 Å². The Morgan fingerprint density at radius 2 is 1.83 bits per heavy atom. The molecule has 6 heteroatoms. The fourth-order valence-corrected chi connectivity index (χ4v) is 4.54. The van der Waals surface area contributed by atoms with Gasteiger partial charge in [-0.1, -0.05) is 17.7 Å². The van der Waals surface area contributed by atoms with E-state index in [1.165, 1.54) is 30.9 Å². The number of hydrogen-bond donors (Lipinski definition) is 1. The lowest BCUT2D eigenvalue weighted by Crippen LogP contribution is -2.36. The van der Waals surface area contributed by atoms with Gasteiger partial charge in [0.25, 0.3) is 0 Å². The molecule has 0 aliphatic carbocycles. The van der Waals surface area contributed by atoms with Crippen LogP contribution in [-0.4, -0.2) is 18.6 Å². The summed E-state index contributed by atoms with van der Waals surface area (Å²) < 4.78 is 33.2. The molecule has 3 aromatic carbocycles. The summed E-state index contributed by atoms with van der Waals surface area (Å²) in [7, 11) is 1.45. The standard InChI is InChI=1S/C24H19ClF2N2O/c1-30-22-9-2-14(12-20(22)27)24-23-18(19-13-15(25)3-8-21(19)28-23)10-11-29(24)17-6-4-16(26)5-7-17/h2-9,12-13,24,28H,10-11H2,1H3. The lowest BCUT2D eigenvalue weighted by atomic mass is 9.91. The summed E-state index contributed by atoms with van der Waals surface area (Å²) in [6, 6.07) is 16.9. The Morgan fingerprint density at radius 3 is 2.57 bits per heavy atom. The molecule has 0 radical (unpaired) electrons. The molecule has 3 nitrogen and oxygen atoms in total. The third kappa shape index (κ3) is 3.10. The van der Waals surface area contributed by atoms with Crippen LogP contribution in [0.1, 0.15) is 22.9 Å². The number of methoxy groups -OCH3 is 1. The molecule has 152 valence electrons. The minimum Gasteiger partial charge on any atom is -0.494 e. The van der Waals surface area contributed by atoms with E-state index in [0.29, 0.717) is 11.6 Å². The zero-order valence-electron chi connectivity index (χ0n) is 16.3. The Bertz CT molecular complexity index is 1240. The van der Waals surface area contributed by atoms with Gasteiger partial charge in [-0.2, -0.15) is 0 Å². The molecule has 0 spiro atoms. The summed E-state index contributed by atoms with van der Waals surface area (Å²) in [4.78, 5) is 5.69. The maximum Gasteiger partial charge on any atom is 0.165 e. The Balaban J connectivity index is 1.71. The third-order valence-electron chi connectivity index (χ3n) is 5.74. The minimum absolute atomic E-state index is 0.201. The van der Waals surface area contributed by atoms with E-state index < -0.39 is 5.82 Å². The number of nitrogens with zero attached hydrogens (tertiary/aromatic N) is 1. The largest absolute Gasteiger partial charge is 0.494 e. The summed E-state index contributed by atoms with van der Waals surface area (Å²) >= 11 is 6.24. The van der Waals surface area contributed by atoms with E-state index in [1.807, 2.05) is 24.3 Å². The van der Waals surface area contributed by atoms with Crippen LogP contribution in [0.3, 0.4) is 0 Å². The van der Waals surface area contributed by atoms with E-state index in [9.17, 15) is 8.78 Å². The highest BCUT2D eigenvalue weighted by Crippen LogP contribution is 2.42. The first-order chi connectivity index (χ1) is 14.5. The van der Waals surface area contributed by atoms with Gasteiger partial charge in [0, 0.05) is 33.9 Å². The van der Waals surface area contributed by atoms with Gasteiger partial charge in [0.2, 0.25) is 0 Å². The number of rotatable bonds is 3. The van der Waals surface area contributed by atoms with Crippen molar-refractivity contribution in [3.05, 3.63) is 94.1 Å². The summed E-state index contributed by atoms with van der Waals surface area (Å²) in [5.74, 6) is -0.504. The van der Waals surface area contributed by atoms with Crippen molar-refractivity contribution in [2.24, 2.45) is 0 Å². The fourth-order valence-electron chi connectivity index (χ4n) is 4.37. The van der Waals surface area contributed by atoms with Gasteiger partial charge in [0.1, 0.15) is 5.82 Å². The van der Waals surface area contributed by atoms with Crippen molar-refractivity contribution < 1.29 is 13.5 Å². The fraction of sp³-hybridized carbons (Fsp3) is 0.167.